The van der Waals surface area contributed by atoms with Crippen molar-refractivity contribution in [1.29, 1.82) is 0 Å². The van der Waals surface area contributed by atoms with Crippen LogP contribution in [0.15, 0.2) is 47.5 Å². The average molecular weight is 785 g/mol. The summed E-state index contributed by atoms with van der Waals surface area (Å²) in [5.74, 6) is -1.71. The number of carbonyl (C=O) groups is 6. The predicted molar refractivity (Wildman–Crippen MR) is 202 cm³/mol. The number of nitrogens with one attached hydrogen (secondary N) is 3. The molecule has 3 N–H and O–H groups in total. The molecule has 55 heavy (non-hydrogen) atoms. The van der Waals surface area contributed by atoms with E-state index in [1.165, 1.54) is 6.07 Å². The summed E-state index contributed by atoms with van der Waals surface area (Å²) in [7, 11) is 0. The number of nitrogens with zero attached hydrogens (tertiary/aromatic N) is 5. The van der Waals surface area contributed by atoms with Gasteiger partial charge in [0.2, 0.25) is 23.6 Å². The summed E-state index contributed by atoms with van der Waals surface area (Å²) < 4.78 is 7.82. The number of aliphatic imine (C=N–C) groups is 1. The van der Waals surface area contributed by atoms with E-state index in [9.17, 15) is 28.8 Å². The van der Waals surface area contributed by atoms with Crippen molar-refractivity contribution in [3.63, 3.8) is 0 Å². The van der Waals surface area contributed by atoms with Crippen molar-refractivity contribution in [2.75, 3.05) is 19.7 Å². The molecule has 4 aromatic rings. The molecule has 6 amide bonds. The smallest absolute Gasteiger partial charge is 0.266 e. The summed E-state index contributed by atoms with van der Waals surface area (Å²) >= 11 is 7.81. The van der Waals surface area contributed by atoms with E-state index in [0.717, 1.165) is 37.2 Å². The van der Waals surface area contributed by atoms with E-state index in [2.05, 4.69) is 33.1 Å². The molecule has 15 nitrogen and oxygen atoms in total. The van der Waals surface area contributed by atoms with Gasteiger partial charge in [0.1, 0.15) is 28.7 Å². The minimum atomic E-state index is -1.07. The molecule has 17 heteroatoms. The van der Waals surface area contributed by atoms with Crippen molar-refractivity contribution >= 4 is 64.1 Å². The first-order valence-electron chi connectivity index (χ1n) is 17.8. The third-order valence-electron chi connectivity index (χ3n) is 9.76. The first kappa shape index (κ1) is 37.6. The van der Waals surface area contributed by atoms with Gasteiger partial charge in [0, 0.05) is 34.0 Å². The van der Waals surface area contributed by atoms with Gasteiger partial charge in [-0.2, -0.15) is 0 Å². The molecular weight excluding hydrogens is 748 g/mol. The lowest BCUT2D eigenvalue weighted by Gasteiger charge is -2.27. The number of hydrogen-bond acceptors (Lipinski definition) is 11. The maximum atomic E-state index is 13.3. The Balaban J connectivity index is 0.909. The number of carbonyl (C=O) groups excluding carboxylic acids is 6. The Morgan fingerprint density at radius 2 is 1.75 bits per heavy atom. The Hall–Kier alpha value is -5.74. The number of unbranched alkanes of at least 4 members (excludes halogenated alkanes) is 1. The molecule has 2 atom stereocenters. The molecular formula is C38H37ClN8O7S. The number of ether oxygens (including phenoxy) is 1. The van der Waals surface area contributed by atoms with E-state index in [1.54, 1.807) is 35.6 Å². The second kappa shape index (κ2) is 15.5. The summed E-state index contributed by atoms with van der Waals surface area (Å²) in [4.78, 5) is 83.3. The van der Waals surface area contributed by atoms with Crippen molar-refractivity contribution in [3.8, 4) is 10.8 Å². The maximum Gasteiger partial charge on any atom is 0.266 e. The molecule has 0 saturated carbocycles. The van der Waals surface area contributed by atoms with Crippen LogP contribution in [0.25, 0.3) is 5.00 Å². The van der Waals surface area contributed by atoms with Gasteiger partial charge >= 0.3 is 0 Å². The van der Waals surface area contributed by atoms with Crippen LogP contribution in [0, 0.1) is 20.8 Å². The maximum absolute atomic E-state index is 13.3. The Kier molecular flexibility index (Phi) is 10.6. The van der Waals surface area contributed by atoms with Crippen LogP contribution in [0.5, 0.6) is 5.75 Å². The van der Waals surface area contributed by atoms with Gasteiger partial charge in [-0.25, -0.2) is 0 Å². The molecule has 0 aliphatic carbocycles. The minimum Gasteiger partial charge on any atom is -0.493 e. The van der Waals surface area contributed by atoms with E-state index in [0.29, 0.717) is 36.1 Å². The number of imide groups is 2. The summed E-state index contributed by atoms with van der Waals surface area (Å²) in [6, 6.07) is 10.3. The lowest BCUT2D eigenvalue weighted by Crippen LogP contribution is -2.54. The summed E-state index contributed by atoms with van der Waals surface area (Å²) in [5, 5.41) is 17.9. The second-order valence-electron chi connectivity index (χ2n) is 13.4. The van der Waals surface area contributed by atoms with Crippen molar-refractivity contribution in [2.45, 2.75) is 65.0 Å². The van der Waals surface area contributed by atoms with Crippen LogP contribution in [-0.4, -0.2) is 86.6 Å². The summed E-state index contributed by atoms with van der Waals surface area (Å²) in [5.41, 5.74) is 3.82. The highest BCUT2D eigenvalue weighted by molar-refractivity contribution is 7.15. The van der Waals surface area contributed by atoms with Crippen LogP contribution < -0.4 is 20.7 Å². The Morgan fingerprint density at radius 3 is 2.51 bits per heavy atom. The molecule has 0 bridgehead atoms. The Labute approximate surface area is 324 Å². The van der Waals surface area contributed by atoms with Gasteiger partial charge < -0.3 is 15.4 Å². The highest BCUT2D eigenvalue weighted by Gasteiger charge is 2.46. The molecule has 1 saturated heterocycles. The standard InChI is InChI=1S/C38H37ClN8O7S/c1-19-20(2)55-38-31(19)33(22-9-11-23(39)12-10-22)42-25(34-45-44-21(3)46(34)38)17-29(49)41-18-30(50)40-15-4-5-16-54-27-8-6-7-24-32(27)37(53)47(36(24)52)26-13-14-28(48)43-35(26)51/h6-12,25-26H,4-5,13-18H2,1-3H3,(H,40,50)(H,41,49)(H,43,48,51). The number of fused-ring (bicyclic) bond motifs is 4. The van der Waals surface area contributed by atoms with Crippen molar-refractivity contribution in [1.82, 2.24) is 35.6 Å². The topological polar surface area (TPSA) is 194 Å². The number of halogens is 1. The van der Waals surface area contributed by atoms with E-state index in [4.69, 9.17) is 21.3 Å². The van der Waals surface area contributed by atoms with Crippen LogP contribution in [0.1, 0.15) is 92.1 Å². The lowest BCUT2D eigenvalue weighted by atomic mass is 9.99. The van der Waals surface area contributed by atoms with Gasteiger partial charge in [-0.15, -0.1) is 21.5 Å². The fourth-order valence-corrected chi connectivity index (χ4v) is 8.20. The molecule has 0 spiro atoms. The van der Waals surface area contributed by atoms with Crippen molar-refractivity contribution in [3.05, 3.63) is 91.8 Å². The van der Waals surface area contributed by atoms with E-state index in [1.807, 2.05) is 30.5 Å². The number of hydrogen-bond donors (Lipinski definition) is 3. The zero-order chi connectivity index (χ0) is 39.0. The summed E-state index contributed by atoms with van der Waals surface area (Å²) in [6.07, 6.45) is 1.07. The van der Waals surface area contributed by atoms with Crippen molar-refractivity contribution in [2.24, 2.45) is 4.99 Å². The van der Waals surface area contributed by atoms with Crippen LogP contribution >= 0.6 is 22.9 Å². The number of aromatic nitrogens is 3. The van der Waals surface area contributed by atoms with Crippen molar-refractivity contribution < 1.29 is 33.5 Å². The molecule has 3 aliphatic rings. The molecule has 7 rings (SSSR count). The third-order valence-corrected chi connectivity index (χ3v) is 11.2. The third kappa shape index (κ3) is 7.38. The zero-order valence-corrected chi connectivity index (χ0v) is 31.8. The van der Waals surface area contributed by atoms with Gasteiger partial charge in [0.15, 0.2) is 5.82 Å². The van der Waals surface area contributed by atoms with E-state index < -0.39 is 35.7 Å². The SMILES string of the molecule is Cc1sc2c(c1C)C(c1ccc(Cl)cc1)=NC(CC(=O)NCC(=O)NCCCCOc1cccc3c1C(=O)N(C1CCC(=O)NC1=O)C3=O)c1nnc(C)n1-2. The van der Waals surface area contributed by atoms with Crippen LogP contribution in [0.2, 0.25) is 5.02 Å². The zero-order valence-electron chi connectivity index (χ0n) is 30.2. The van der Waals surface area contributed by atoms with E-state index in [-0.39, 0.29) is 61.1 Å². The molecule has 1 fully saturated rings. The minimum absolute atomic E-state index is 0.0270. The highest BCUT2D eigenvalue weighted by Crippen LogP contribution is 2.40. The van der Waals surface area contributed by atoms with Gasteiger partial charge in [-0.05, 0) is 69.9 Å². The Bertz CT molecular complexity index is 2280. The fourth-order valence-electron chi connectivity index (χ4n) is 6.86. The molecule has 3 aliphatic heterocycles. The number of amides is 6. The number of benzene rings is 2. The van der Waals surface area contributed by atoms with Crippen LogP contribution in [0.4, 0.5) is 0 Å². The monoisotopic (exact) mass is 784 g/mol. The summed E-state index contributed by atoms with van der Waals surface area (Å²) in [6.45, 7) is 6.24. The van der Waals surface area contributed by atoms with Gasteiger partial charge in [0.25, 0.3) is 11.8 Å². The molecule has 0 radical (unpaired) electrons. The lowest BCUT2D eigenvalue weighted by molar-refractivity contribution is -0.136. The predicted octanol–water partition coefficient (Wildman–Crippen LogP) is 3.68. The fraction of sp³-hybridized carbons (Fsp3) is 0.342. The molecule has 2 aromatic heterocycles. The number of thiophene rings is 1. The average Bonchev–Trinajstić information content (AvgIpc) is 3.73. The molecule has 2 unspecified atom stereocenters. The van der Waals surface area contributed by atoms with Gasteiger partial charge in [-0.3, -0.25) is 48.5 Å². The number of piperidine rings is 1. The molecule has 5 heterocycles. The number of rotatable bonds is 12. The van der Waals surface area contributed by atoms with Crippen LogP contribution in [0.3, 0.4) is 0 Å². The second-order valence-corrected chi connectivity index (χ2v) is 15.1. The van der Waals surface area contributed by atoms with Gasteiger partial charge in [-0.1, -0.05) is 29.8 Å². The normalized spacial score (nSPS) is 17.5. The molecule has 284 valence electrons. The largest absolute Gasteiger partial charge is 0.493 e. The van der Waals surface area contributed by atoms with E-state index >= 15 is 0 Å². The molecule has 2 aromatic carbocycles. The van der Waals surface area contributed by atoms with Gasteiger partial charge in [0.05, 0.1) is 36.4 Å². The number of aryl methyl sites for hydroxylation is 2. The Morgan fingerprint density at radius 1 is 0.964 bits per heavy atom. The quantitative estimate of drug-likeness (QED) is 0.142. The highest BCUT2D eigenvalue weighted by atomic mass is 35.5. The van der Waals surface area contributed by atoms with Crippen LogP contribution in [-0.2, 0) is 19.2 Å². The first-order chi connectivity index (χ1) is 26.4. The first-order valence-corrected chi connectivity index (χ1v) is 19.0.